The highest BCUT2D eigenvalue weighted by Gasteiger charge is 2.28. The van der Waals surface area contributed by atoms with Crippen LogP contribution in [0.2, 0.25) is 0 Å². The zero-order valence-corrected chi connectivity index (χ0v) is 13.7. The van der Waals surface area contributed by atoms with Gasteiger partial charge in [0.1, 0.15) is 0 Å². The number of likely N-dealkylation sites (tertiary alicyclic amines) is 1. The van der Waals surface area contributed by atoms with Crippen molar-refractivity contribution >= 4 is 0 Å². The summed E-state index contributed by atoms with van der Waals surface area (Å²) >= 11 is 0. The van der Waals surface area contributed by atoms with Crippen LogP contribution in [0.4, 0.5) is 0 Å². The summed E-state index contributed by atoms with van der Waals surface area (Å²) in [5, 5.41) is 0. The van der Waals surface area contributed by atoms with Gasteiger partial charge >= 0.3 is 0 Å². The van der Waals surface area contributed by atoms with Crippen molar-refractivity contribution < 1.29 is 0 Å². The molecule has 3 atom stereocenters. The Morgan fingerprint density at radius 2 is 1.75 bits per heavy atom. The number of nitrogens with two attached hydrogens (primary N) is 1. The van der Waals surface area contributed by atoms with Crippen molar-refractivity contribution in [2.75, 3.05) is 13.1 Å². The molecule has 2 rings (SSSR count). The molecule has 1 aliphatic heterocycles. The van der Waals surface area contributed by atoms with E-state index in [4.69, 9.17) is 5.73 Å². The Balaban J connectivity index is 2.05. The molecule has 1 saturated heterocycles. The fourth-order valence-electron chi connectivity index (χ4n) is 3.07. The maximum absolute atomic E-state index is 6.04. The minimum absolute atomic E-state index is 0.232. The zero-order valence-electron chi connectivity index (χ0n) is 13.7. The van der Waals surface area contributed by atoms with Crippen LogP contribution in [0, 0.1) is 5.92 Å². The van der Waals surface area contributed by atoms with E-state index < -0.39 is 0 Å². The summed E-state index contributed by atoms with van der Waals surface area (Å²) < 4.78 is 0. The van der Waals surface area contributed by atoms with E-state index in [9.17, 15) is 0 Å². The first kappa shape index (κ1) is 15.5. The fourth-order valence-corrected chi connectivity index (χ4v) is 3.07. The lowest BCUT2D eigenvalue weighted by molar-refractivity contribution is 0.248. The highest BCUT2D eigenvalue weighted by Crippen LogP contribution is 2.30. The average Bonchev–Trinajstić information content (AvgIpc) is 2.86. The molecule has 1 aromatic rings. The van der Waals surface area contributed by atoms with Gasteiger partial charge in [-0.1, -0.05) is 45.0 Å². The average molecular weight is 274 g/mol. The fraction of sp³-hybridized carbons (Fsp3) is 0.667. The third kappa shape index (κ3) is 3.42. The molecule has 20 heavy (non-hydrogen) atoms. The summed E-state index contributed by atoms with van der Waals surface area (Å²) in [6, 6.07) is 9.97. The SMILES string of the molecule is CC(N)C1CCN(C(C)c2ccc(C(C)(C)C)cc2)C1. The van der Waals surface area contributed by atoms with E-state index in [2.05, 4.69) is 63.8 Å². The zero-order chi connectivity index (χ0) is 14.9. The Hall–Kier alpha value is -0.860. The Bertz CT molecular complexity index is 428. The highest BCUT2D eigenvalue weighted by atomic mass is 15.2. The smallest absolute Gasteiger partial charge is 0.0320 e. The molecular formula is C18H30N2. The highest BCUT2D eigenvalue weighted by molar-refractivity contribution is 5.29. The molecule has 2 nitrogen and oxygen atoms in total. The van der Waals surface area contributed by atoms with Crippen LogP contribution in [0.1, 0.15) is 58.2 Å². The minimum Gasteiger partial charge on any atom is -0.328 e. The summed E-state index contributed by atoms with van der Waals surface area (Å²) in [6.45, 7) is 13.6. The monoisotopic (exact) mass is 274 g/mol. The molecule has 0 radical (unpaired) electrons. The lowest BCUT2D eigenvalue weighted by Crippen LogP contribution is -2.31. The second-order valence-corrected chi connectivity index (χ2v) is 7.45. The molecule has 1 aliphatic rings. The van der Waals surface area contributed by atoms with Crippen LogP contribution < -0.4 is 5.73 Å². The predicted molar refractivity (Wildman–Crippen MR) is 86.9 cm³/mol. The molecule has 0 saturated carbocycles. The molecule has 0 bridgehead atoms. The standard InChI is InChI=1S/C18H30N2/c1-13(19)16-10-11-20(12-16)14(2)15-6-8-17(9-7-15)18(3,4)5/h6-9,13-14,16H,10-12,19H2,1-5H3. The van der Waals surface area contributed by atoms with E-state index >= 15 is 0 Å². The van der Waals surface area contributed by atoms with Crippen molar-refractivity contribution in [3.8, 4) is 0 Å². The summed E-state index contributed by atoms with van der Waals surface area (Å²) in [4.78, 5) is 2.57. The molecular weight excluding hydrogens is 244 g/mol. The second-order valence-electron chi connectivity index (χ2n) is 7.45. The van der Waals surface area contributed by atoms with Gasteiger partial charge in [0, 0.05) is 18.6 Å². The first-order chi connectivity index (χ1) is 9.29. The summed E-state index contributed by atoms with van der Waals surface area (Å²) in [6.07, 6.45) is 1.24. The van der Waals surface area contributed by atoms with Gasteiger partial charge in [0.05, 0.1) is 0 Å². The predicted octanol–water partition coefficient (Wildman–Crippen LogP) is 3.71. The van der Waals surface area contributed by atoms with Crippen LogP contribution in [0.25, 0.3) is 0 Å². The number of nitrogens with zero attached hydrogens (tertiary/aromatic N) is 1. The van der Waals surface area contributed by atoms with E-state index in [-0.39, 0.29) is 5.41 Å². The Labute approximate surface area is 124 Å². The second kappa shape index (κ2) is 5.87. The molecule has 0 aromatic heterocycles. The lowest BCUT2D eigenvalue weighted by Gasteiger charge is -2.26. The minimum atomic E-state index is 0.232. The Morgan fingerprint density at radius 3 is 2.20 bits per heavy atom. The molecule has 2 N–H and O–H groups in total. The summed E-state index contributed by atoms with van der Waals surface area (Å²) in [5.74, 6) is 0.659. The first-order valence-corrected chi connectivity index (χ1v) is 7.89. The molecule has 1 aromatic carbocycles. The van der Waals surface area contributed by atoms with Crippen molar-refractivity contribution in [1.29, 1.82) is 0 Å². The van der Waals surface area contributed by atoms with Crippen LogP contribution in [-0.4, -0.2) is 24.0 Å². The third-order valence-electron chi connectivity index (χ3n) is 4.81. The van der Waals surface area contributed by atoms with E-state index in [1.54, 1.807) is 0 Å². The van der Waals surface area contributed by atoms with Crippen LogP contribution >= 0.6 is 0 Å². The molecule has 0 spiro atoms. The van der Waals surface area contributed by atoms with E-state index in [0.29, 0.717) is 18.0 Å². The van der Waals surface area contributed by atoms with Crippen LogP contribution in [0.5, 0.6) is 0 Å². The van der Waals surface area contributed by atoms with Gasteiger partial charge in [0.15, 0.2) is 0 Å². The van der Waals surface area contributed by atoms with Crippen molar-refractivity contribution in [2.24, 2.45) is 11.7 Å². The number of benzene rings is 1. The number of hydrogen-bond acceptors (Lipinski definition) is 2. The maximum Gasteiger partial charge on any atom is 0.0320 e. The lowest BCUT2D eigenvalue weighted by atomic mass is 9.86. The number of rotatable bonds is 3. The van der Waals surface area contributed by atoms with Crippen LogP contribution in [0.3, 0.4) is 0 Å². The van der Waals surface area contributed by atoms with Gasteiger partial charge in [-0.05, 0) is 49.3 Å². The summed E-state index contributed by atoms with van der Waals surface area (Å²) in [7, 11) is 0. The molecule has 2 heteroatoms. The topological polar surface area (TPSA) is 29.3 Å². The van der Waals surface area contributed by atoms with Crippen LogP contribution in [-0.2, 0) is 5.41 Å². The van der Waals surface area contributed by atoms with Crippen LogP contribution in [0.15, 0.2) is 24.3 Å². The largest absolute Gasteiger partial charge is 0.328 e. The Morgan fingerprint density at radius 1 is 1.15 bits per heavy atom. The van der Waals surface area contributed by atoms with Gasteiger partial charge in [-0.25, -0.2) is 0 Å². The molecule has 112 valence electrons. The van der Waals surface area contributed by atoms with Gasteiger partial charge in [0.25, 0.3) is 0 Å². The van der Waals surface area contributed by atoms with Crippen molar-refractivity contribution in [1.82, 2.24) is 4.90 Å². The quantitative estimate of drug-likeness (QED) is 0.910. The van der Waals surface area contributed by atoms with Crippen molar-refractivity contribution in [2.45, 2.75) is 58.5 Å². The third-order valence-corrected chi connectivity index (χ3v) is 4.81. The van der Waals surface area contributed by atoms with Gasteiger partial charge in [-0.2, -0.15) is 0 Å². The summed E-state index contributed by atoms with van der Waals surface area (Å²) in [5.41, 5.74) is 9.10. The molecule has 3 unspecified atom stereocenters. The first-order valence-electron chi connectivity index (χ1n) is 7.89. The maximum atomic E-state index is 6.04. The van der Waals surface area contributed by atoms with Crippen molar-refractivity contribution in [3.05, 3.63) is 35.4 Å². The van der Waals surface area contributed by atoms with Gasteiger partial charge in [-0.15, -0.1) is 0 Å². The number of hydrogen-bond donors (Lipinski definition) is 1. The normalized spacial score (nSPS) is 23.8. The van der Waals surface area contributed by atoms with Gasteiger partial charge in [-0.3, -0.25) is 4.90 Å². The molecule has 0 amide bonds. The van der Waals surface area contributed by atoms with E-state index in [1.165, 1.54) is 24.1 Å². The van der Waals surface area contributed by atoms with Crippen molar-refractivity contribution in [3.63, 3.8) is 0 Å². The van der Waals surface area contributed by atoms with Gasteiger partial charge < -0.3 is 5.73 Å². The molecule has 0 aliphatic carbocycles. The van der Waals surface area contributed by atoms with E-state index in [0.717, 1.165) is 6.54 Å². The Kier molecular flexibility index (Phi) is 4.55. The molecule has 1 fully saturated rings. The van der Waals surface area contributed by atoms with Gasteiger partial charge in [0.2, 0.25) is 0 Å². The van der Waals surface area contributed by atoms with E-state index in [1.807, 2.05) is 0 Å². The molecule has 1 heterocycles.